The molecular formula is C19H38IN3O2. The number of piperidine rings is 1. The van der Waals surface area contributed by atoms with Crippen molar-refractivity contribution in [3.8, 4) is 0 Å². The summed E-state index contributed by atoms with van der Waals surface area (Å²) in [5.74, 6) is 1.79. The van der Waals surface area contributed by atoms with E-state index in [-0.39, 0.29) is 35.5 Å². The molecule has 0 saturated carbocycles. The minimum atomic E-state index is -0.372. The molecule has 0 atom stereocenters. The Labute approximate surface area is 171 Å². The van der Waals surface area contributed by atoms with Crippen LogP contribution in [0.3, 0.4) is 0 Å². The maximum absolute atomic E-state index is 11.6. The van der Waals surface area contributed by atoms with Gasteiger partial charge in [-0.05, 0) is 52.4 Å². The summed E-state index contributed by atoms with van der Waals surface area (Å²) >= 11 is 0. The molecule has 1 aliphatic rings. The van der Waals surface area contributed by atoms with E-state index in [0.717, 1.165) is 57.2 Å². The molecule has 6 heteroatoms. The zero-order valence-corrected chi connectivity index (χ0v) is 19.1. The number of guanidine groups is 1. The Morgan fingerprint density at radius 2 is 1.76 bits per heavy atom. The number of nitrogens with zero attached hydrogens (tertiary/aromatic N) is 2. The summed E-state index contributed by atoms with van der Waals surface area (Å²) in [6.45, 7) is 11.2. The number of aliphatic imine (C=N–C) groups is 1. The SMILES string of the molecule is CN=C(NCCCCCCC(=O)OC(C)(C)C)N1CCC(C)CC1.I. The molecule has 1 saturated heterocycles. The first-order valence-electron chi connectivity index (χ1n) is 9.49. The van der Waals surface area contributed by atoms with Gasteiger partial charge in [-0.15, -0.1) is 24.0 Å². The van der Waals surface area contributed by atoms with Gasteiger partial charge in [0.1, 0.15) is 5.60 Å². The van der Waals surface area contributed by atoms with Crippen LogP contribution in [0.5, 0.6) is 0 Å². The number of nitrogens with one attached hydrogen (secondary N) is 1. The maximum atomic E-state index is 11.6. The predicted molar refractivity (Wildman–Crippen MR) is 116 cm³/mol. The molecule has 0 radical (unpaired) electrons. The standard InChI is InChI=1S/C19H37N3O2.HI/c1-16-11-14-22(15-12-16)18(20-5)21-13-9-7-6-8-10-17(23)24-19(2,3)4;/h16H,6-15H2,1-5H3,(H,20,21);1H. The monoisotopic (exact) mass is 467 g/mol. The average Bonchev–Trinajstić information content (AvgIpc) is 2.49. The Kier molecular flexibility index (Phi) is 12.5. The maximum Gasteiger partial charge on any atom is 0.306 e. The van der Waals surface area contributed by atoms with E-state index >= 15 is 0 Å². The number of halogens is 1. The Balaban J connectivity index is 0.00000576. The van der Waals surface area contributed by atoms with Crippen molar-refractivity contribution in [1.29, 1.82) is 0 Å². The lowest BCUT2D eigenvalue weighted by Crippen LogP contribution is -2.45. The van der Waals surface area contributed by atoms with E-state index in [9.17, 15) is 4.79 Å². The van der Waals surface area contributed by atoms with Crippen LogP contribution in [0.4, 0.5) is 0 Å². The summed E-state index contributed by atoms with van der Waals surface area (Å²) in [5.41, 5.74) is -0.372. The van der Waals surface area contributed by atoms with E-state index in [0.29, 0.717) is 6.42 Å². The molecule has 0 bridgehead atoms. The Bertz CT molecular complexity index is 400. The average molecular weight is 467 g/mol. The van der Waals surface area contributed by atoms with Gasteiger partial charge in [0.15, 0.2) is 5.96 Å². The minimum absolute atomic E-state index is 0. The van der Waals surface area contributed by atoms with Gasteiger partial charge < -0.3 is 15.0 Å². The largest absolute Gasteiger partial charge is 0.460 e. The fourth-order valence-corrected chi connectivity index (χ4v) is 2.89. The van der Waals surface area contributed by atoms with Crippen molar-refractivity contribution in [3.05, 3.63) is 0 Å². The second-order valence-electron chi connectivity index (χ2n) is 7.89. The van der Waals surface area contributed by atoms with Gasteiger partial charge in [0, 0.05) is 33.1 Å². The quantitative estimate of drug-likeness (QED) is 0.201. The summed E-state index contributed by atoms with van der Waals surface area (Å²) in [7, 11) is 1.86. The Morgan fingerprint density at radius 3 is 2.32 bits per heavy atom. The summed E-state index contributed by atoms with van der Waals surface area (Å²) in [6.07, 6.45) is 7.25. The van der Waals surface area contributed by atoms with Crippen LogP contribution < -0.4 is 5.32 Å². The van der Waals surface area contributed by atoms with Crippen LogP contribution >= 0.6 is 24.0 Å². The number of unbranched alkanes of at least 4 members (excludes halogenated alkanes) is 3. The number of hydrogen-bond acceptors (Lipinski definition) is 3. The molecule has 0 spiro atoms. The van der Waals surface area contributed by atoms with Gasteiger partial charge >= 0.3 is 5.97 Å². The summed E-state index contributed by atoms with van der Waals surface area (Å²) in [4.78, 5) is 18.4. The van der Waals surface area contributed by atoms with Gasteiger partial charge in [-0.3, -0.25) is 9.79 Å². The minimum Gasteiger partial charge on any atom is -0.460 e. The molecule has 1 heterocycles. The molecule has 25 heavy (non-hydrogen) atoms. The van der Waals surface area contributed by atoms with Crippen LogP contribution in [0.15, 0.2) is 4.99 Å². The van der Waals surface area contributed by atoms with E-state index in [1.807, 2.05) is 27.8 Å². The van der Waals surface area contributed by atoms with Crippen molar-refractivity contribution >= 4 is 35.9 Å². The highest BCUT2D eigenvalue weighted by atomic mass is 127. The van der Waals surface area contributed by atoms with Gasteiger partial charge in [-0.2, -0.15) is 0 Å². The number of carbonyl (C=O) groups is 1. The van der Waals surface area contributed by atoms with Gasteiger partial charge in [0.2, 0.25) is 0 Å². The first-order valence-corrected chi connectivity index (χ1v) is 9.49. The molecule has 1 aliphatic heterocycles. The van der Waals surface area contributed by atoms with Gasteiger partial charge in [-0.1, -0.05) is 19.8 Å². The lowest BCUT2D eigenvalue weighted by atomic mass is 10.00. The molecule has 1 fully saturated rings. The second-order valence-corrected chi connectivity index (χ2v) is 7.89. The van der Waals surface area contributed by atoms with Gasteiger partial charge in [0.05, 0.1) is 0 Å². The van der Waals surface area contributed by atoms with E-state index in [2.05, 4.69) is 22.1 Å². The van der Waals surface area contributed by atoms with Crippen LogP contribution in [0.25, 0.3) is 0 Å². The van der Waals surface area contributed by atoms with Crippen molar-refractivity contribution in [2.24, 2.45) is 10.9 Å². The van der Waals surface area contributed by atoms with E-state index in [1.165, 1.54) is 12.8 Å². The molecule has 0 amide bonds. The topological polar surface area (TPSA) is 53.9 Å². The van der Waals surface area contributed by atoms with Crippen molar-refractivity contribution in [2.75, 3.05) is 26.7 Å². The molecule has 0 unspecified atom stereocenters. The number of rotatable bonds is 7. The van der Waals surface area contributed by atoms with Crippen LogP contribution in [0, 0.1) is 5.92 Å². The highest BCUT2D eigenvalue weighted by Gasteiger charge is 2.18. The zero-order chi connectivity index (χ0) is 18.0. The fourth-order valence-electron chi connectivity index (χ4n) is 2.89. The highest BCUT2D eigenvalue weighted by molar-refractivity contribution is 14.0. The zero-order valence-electron chi connectivity index (χ0n) is 16.8. The summed E-state index contributed by atoms with van der Waals surface area (Å²) in [6, 6.07) is 0. The first-order chi connectivity index (χ1) is 11.3. The lowest BCUT2D eigenvalue weighted by molar-refractivity contribution is -0.154. The van der Waals surface area contributed by atoms with Crippen molar-refractivity contribution in [1.82, 2.24) is 10.2 Å². The fraction of sp³-hybridized carbons (Fsp3) is 0.895. The van der Waals surface area contributed by atoms with Crippen LogP contribution in [0.2, 0.25) is 0 Å². The number of ether oxygens (including phenoxy) is 1. The highest BCUT2D eigenvalue weighted by Crippen LogP contribution is 2.16. The Morgan fingerprint density at radius 1 is 1.16 bits per heavy atom. The molecule has 5 nitrogen and oxygen atoms in total. The van der Waals surface area contributed by atoms with Crippen molar-refractivity contribution in [2.45, 2.75) is 78.2 Å². The smallest absolute Gasteiger partial charge is 0.306 e. The molecular weight excluding hydrogens is 429 g/mol. The van der Waals surface area contributed by atoms with Gasteiger partial charge in [-0.25, -0.2) is 0 Å². The molecule has 148 valence electrons. The van der Waals surface area contributed by atoms with Crippen molar-refractivity contribution in [3.63, 3.8) is 0 Å². The third kappa shape index (κ3) is 11.7. The summed E-state index contributed by atoms with van der Waals surface area (Å²) in [5, 5.41) is 3.47. The van der Waals surface area contributed by atoms with Gasteiger partial charge in [0.25, 0.3) is 0 Å². The molecule has 0 aromatic carbocycles. The third-order valence-electron chi connectivity index (χ3n) is 4.31. The number of hydrogen-bond donors (Lipinski definition) is 1. The number of carbonyl (C=O) groups excluding carboxylic acids is 1. The van der Waals surface area contributed by atoms with Crippen LogP contribution in [-0.4, -0.2) is 49.1 Å². The lowest BCUT2D eigenvalue weighted by Gasteiger charge is -2.32. The predicted octanol–water partition coefficient (Wildman–Crippen LogP) is 4.20. The van der Waals surface area contributed by atoms with E-state index < -0.39 is 0 Å². The van der Waals surface area contributed by atoms with Crippen LogP contribution in [-0.2, 0) is 9.53 Å². The molecule has 0 aliphatic carbocycles. The van der Waals surface area contributed by atoms with E-state index in [1.54, 1.807) is 0 Å². The Hall–Kier alpha value is -0.530. The molecule has 0 aromatic heterocycles. The van der Waals surface area contributed by atoms with E-state index in [4.69, 9.17) is 4.74 Å². The van der Waals surface area contributed by atoms with Crippen molar-refractivity contribution < 1.29 is 9.53 Å². The third-order valence-corrected chi connectivity index (χ3v) is 4.31. The van der Waals surface area contributed by atoms with Crippen LogP contribution in [0.1, 0.15) is 72.6 Å². The number of esters is 1. The molecule has 1 N–H and O–H groups in total. The molecule has 0 aromatic rings. The second kappa shape index (κ2) is 12.8. The normalized spacial score (nSPS) is 16.4. The molecule has 1 rings (SSSR count). The number of likely N-dealkylation sites (tertiary alicyclic amines) is 1. The summed E-state index contributed by atoms with van der Waals surface area (Å²) < 4.78 is 5.31. The first kappa shape index (κ1) is 24.5.